The van der Waals surface area contributed by atoms with Crippen molar-refractivity contribution >= 4 is 17.5 Å². The molecule has 1 amide bonds. The number of amides is 1. The van der Waals surface area contributed by atoms with Crippen LogP contribution in [-0.2, 0) is 9.53 Å². The molecule has 1 aromatic carbocycles. The first-order valence-electron chi connectivity index (χ1n) is 7.80. The molecular formula is C16H21ClN2O4. The molecule has 2 atom stereocenters. The number of β-amino-alcohol motifs (C(OH)–C–C–N with tert-alkyl or cyclic N) is 1. The van der Waals surface area contributed by atoms with E-state index in [1.54, 1.807) is 29.2 Å². The van der Waals surface area contributed by atoms with E-state index in [2.05, 4.69) is 4.90 Å². The molecule has 0 bridgehead atoms. The van der Waals surface area contributed by atoms with Gasteiger partial charge in [-0.2, -0.15) is 0 Å². The van der Waals surface area contributed by atoms with Crippen molar-refractivity contribution < 1.29 is 19.4 Å². The van der Waals surface area contributed by atoms with Crippen LogP contribution in [0.25, 0.3) is 0 Å². The molecule has 3 rings (SSSR count). The number of carbonyl (C=O) groups excluding carboxylic acids is 1. The number of hydrogen-bond donors (Lipinski definition) is 1. The molecule has 0 aliphatic carbocycles. The molecule has 1 aromatic rings. The van der Waals surface area contributed by atoms with Gasteiger partial charge in [0, 0.05) is 26.2 Å². The predicted octanol–water partition coefficient (Wildman–Crippen LogP) is 0.623. The van der Waals surface area contributed by atoms with Gasteiger partial charge in [-0.3, -0.25) is 9.69 Å². The normalized spacial score (nSPS) is 25.6. The molecule has 126 valence electrons. The van der Waals surface area contributed by atoms with Gasteiger partial charge in [0.1, 0.15) is 5.75 Å². The lowest BCUT2D eigenvalue weighted by Crippen LogP contribution is -2.49. The van der Waals surface area contributed by atoms with Crippen molar-refractivity contribution in [1.82, 2.24) is 9.80 Å². The Kier molecular flexibility index (Phi) is 5.38. The summed E-state index contributed by atoms with van der Waals surface area (Å²) in [6.07, 6.45) is -0.530. The number of halogens is 1. The smallest absolute Gasteiger partial charge is 0.260 e. The topological polar surface area (TPSA) is 62.2 Å². The van der Waals surface area contributed by atoms with Gasteiger partial charge >= 0.3 is 0 Å². The molecule has 0 aromatic heterocycles. The third-order valence-corrected chi connectivity index (χ3v) is 4.63. The molecule has 0 unspecified atom stereocenters. The van der Waals surface area contributed by atoms with Crippen LogP contribution in [0.2, 0.25) is 5.02 Å². The number of carbonyl (C=O) groups is 1. The van der Waals surface area contributed by atoms with Crippen molar-refractivity contribution in [3.05, 3.63) is 29.3 Å². The number of nitrogens with zero attached hydrogens (tertiary/aromatic N) is 2. The lowest BCUT2D eigenvalue weighted by Gasteiger charge is -2.33. The standard InChI is InChI=1S/C16H21ClN2O4/c17-12-3-1-2-4-15(12)23-11-16(21)19-9-13(14(20)10-19)18-5-7-22-8-6-18/h1-4,13-14,20H,5-11H2/t13-,14-/m1/s1. The zero-order valence-electron chi connectivity index (χ0n) is 12.9. The summed E-state index contributed by atoms with van der Waals surface area (Å²) in [7, 11) is 0. The largest absolute Gasteiger partial charge is 0.482 e. The number of para-hydroxylation sites is 1. The molecule has 0 radical (unpaired) electrons. The van der Waals surface area contributed by atoms with Crippen LogP contribution in [0.4, 0.5) is 0 Å². The summed E-state index contributed by atoms with van der Waals surface area (Å²) < 4.78 is 10.8. The van der Waals surface area contributed by atoms with E-state index in [-0.39, 0.29) is 18.6 Å². The van der Waals surface area contributed by atoms with Crippen LogP contribution in [0, 0.1) is 0 Å². The van der Waals surface area contributed by atoms with Gasteiger partial charge in [-0.1, -0.05) is 23.7 Å². The van der Waals surface area contributed by atoms with Crippen molar-refractivity contribution in [1.29, 1.82) is 0 Å². The fourth-order valence-electron chi connectivity index (χ4n) is 3.03. The monoisotopic (exact) mass is 340 g/mol. The summed E-state index contributed by atoms with van der Waals surface area (Å²) in [6.45, 7) is 3.71. The number of benzene rings is 1. The number of rotatable bonds is 4. The number of ether oxygens (including phenoxy) is 2. The lowest BCUT2D eigenvalue weighted by molar-refractivity contribution is -0.132. The summed E-state index contributed by atoms with van der Waals surface area (Å²) in [5, 5.41) is 10.7. The number of morpholine rings is 1. The predicted molar refractivity (Wildman–Crippen MR) is 85.7 cm³/mol. The van der Waals surface area contributed by atoms with E-state index in [1.165, 1.54) is 0 Å². The van der Waals surface area contributed by atoms with E-state index in [0.29, 0.717) is 37.1 Å². The Balaban J connectivity index is 1.53. The van der Waals surface area contributed by atoms with E-state index in [0.717, 1.165) is 13.1 Å². The van der Waals surface area contributed by atoms with E-state index >= 15 is 0 Å². The number of aliphatic hydroxyl groups excluding tert-OH is 1. The Morgan fingerprint density at radius 2 is 2.04 bits per heavy atom. The molecule has 6 nitrogen and oxygen atoms in total. The highest BCUT2D eigenvalue weighted by molar-refractivity contribution is 6.32. The Hall–Kier alpha value is -1.34. The van der Waals surface area contributed by atoms with Crippen molar-refractivity contribution in [2.24, 2.45) is 0 Å². The van der Waals surface area contributed by atoms with Crippen molar-refractivity contribution in [2.75, 3.05) is 46.0 Å². The summed E-state index contributed by atoms with van der Waals surface area (Å²) in [6, 6.07) is 7.03. The van der Waals surface area contributed by atoms with E-state index in [9.17, 15) is 9.90 Å². The first kappa shape index (κ1) is 16.5. The molecule has 2 heterocycles. The molecule has 0 saturated carbocycles. The summed E-state index contributed by atoms with van der Waals surface area (Å²) in [5.74, 6) is 0.353. The highest BCUT2D eigenvalue weighted by Gasteiger charge is 2.38. The Labute approximate surface area is 140 Å². The van der Waals surface area contributed by atoms with Crippen LogP contribution in [0.5, 0.6) is 5.75 Å². The molecule has 7 heteroatoms. The van der Waals surface area contributed by atoms with Crippen LogP contribution < -0.4 is 4.74 Å². The van der Waals surface area contributed by atoms with Gasteiger partial charge < -0.3 is 19.5 Å². The lowest BCUT2D eigenvalue weighted by atomic mass is 10.2. The minimum absolute atomic E-state index is 0.0248. The van der Waals surface area contributed by atoms with Gasteiger partial charge in [0.15, 0.2) is 6.61 Å². The van der Waals surface area contributed by atoms with Crippen LogP contribution in [0.3, 0.4) is 0 Å². The third-order valence-electron chi connectivity index (χ3n) is 4.31. The molecule has 1 N–H and O–H groups in total. The van der Waals surface area contributed by atoms with Gasteiger partial charge in [-0.05, 0) is 12.1 Å². The highest BCUT2D eigenvalue weighted by Crippen LogP contribution is 2.23. The van der Waals surface area contributed by atoms with Crippen LogP contribution in [0.15, 0.2) is 24.3 Å². The van der Waals surface area contributed by atoms with Crippen LogP contribution in [0.1, 0.15) is 0 Å². The number of likely N-dealkylation sites (tertiary alicyclic amines) is 1. The van der Waals surface area contributed by atoms with E-state index in [4.69, 9.17) is 21.1 Å². The number of aliphatic hydroxyl groups is 1. The fourth-order valence-corrected chi connectivity index (χ4v) is 3.22. The maximum atomic E-state index is 12.3. The van der Waals surface area contributed by atoms with Gasteiger partial charge in [-0.15, -0.1) is 0 Å². The van der Waals surface area contributed by atoms with Crippen molar-refractivity contribution in [2.45, 2.75) is 12.1 Å². The SMILES string of the molecule is O=C(COc1ccccc1Cl)N1C[C@@H](O)[C@H](N2CCOCC2)C1. The Morgan fingerprint density at radius 3 is 2.78 bits per heavy atom. The minimum Gasteiger partial charge on any atom is -0.482 e. The highest BCUT2D eigenvalue weighted by atomic mass is 35.5. The molecule has 2 fully saturated rings. The Morgan fingerprint density at radius 1 is 1.30 bits per heavy atom. The quantitative estimate of drug-likeness (QED) is 0.870. The van der Waals surface area contributed by atoms with E-state index < -0.39 is 6.10 Å². The molecule has 23 heavy (non-hydrogen) atoms. The maximum absolute atomic E-state index is 12.3. The van der Waals surface area contributed by atoms with Crippen molar-refractivity contribution in [3.63, 3.8) is 0 Å². The van der Waals surface area contributed by atoms with Gasteiger partial charge in [0.2, 0.25) is 0 Å². The van der Waals surface area contributed by atoms with E-state index in [1.807, 2.05) is 0 Å². The summed E-state index contributed by atoms with van der Waals surface area (Å²) >= 11 is 6.01. The Bertz CT molecular complexity index is 551. The molecular weight excluding hydrogens is 320 g/mol. The zero-order chi connectivity index (χ0) is 16.2. The first-order valence-corrected chi connectivity index (χ1v) is 8.18. The molecule has 2 aliphatic heterocycles. The average Bonchev–Trinajstić information content (AvgIpc) is 2.96. The van der Waals surface area contributed by atoms with Crippen LogP contribution in [-0.4, -0.2) is 79.0 Å². The maximum Gasteiger partial charge on any atom is 0.260 e. The second-order valence-corrected chi connectivity index (χ2v) is 6.21. The van der Waals surface area contributed by atoms with Gasteiger partial charge in [-0.25, -0.2) is 0 Å². The second-order valence-electron chi connectivity index (χ2n) is 5.80. The third kappa shape index (κ3) is 3.95. The fraction of sp³-hybridized carbons (Fsp3) is 0.562. The van der Waals surface area contributed by atoms with Crippen LogP contribution >= 0.6 is 11.6 Å². The number of hydrogen-bond acceptors (Lipinski definition) is 5. The molecule has 2 saturated heterocycles. The summed E-state index contributed by atoms with van der Waals surface area (Å²) in [5.41, 5.74) is 0. The minimum atomic E-state index is -0.530. The van der Waals surface area contributed by atoms with Gasteiger partial charge in [0.05, 0.1) is 30.4 Å². The zero-order valence-corrected chi connectivity index (χ0v) is 13.6. The summed E-state index contributed by atoms with van der Waals surface area (Å²) in [4.78, 5) is 16.2. The molecule has 2 aliphatic rings. The van der Waals surface area contributed by atoms with Crippen molar-refractivity contribution in [3.8, 4) is 5.75 Å². The first-order chi connectivity index (χ1) is 11.1. The van der Waals surface area contributed by atoms with Gasteiger partial charge in [0.25, 0.3) is 5.91 Å². The second kappa shape index (κ2) is 7.49. The molecule has 0 spiro atoms. The average molecular weight is 341 g/mol.